The molecule has 0 radical (unpaired) electrons. The summed E-state index contributed by atoms with van der Waals surface area (Å²) < 4.78 is 14.9. The number of nitriles is 1. The lowest BCUT2D eigenvalue weighted by Gasteiger charge is -2.36. The molecule has 0 saturated carbocycles. The van der Waals surface area contributed by atoms with Crippen molar-refractivity contribution in [3.63, 3.8) is 0 Å². The van der Waals surface area contributed by atoms with Gasteiger partial charge in [0.2, 0.25) is 0 Å². The highest BCUT2D eigenvalue weighted by atomic mass is 19.1. The Morgan fingerprint density at radius 1 is 1.27 bits per heavy atom. The van der Waals surface area contributed by atoms with Crippen molar-refractivity contribution in [2.75, 3.05) is 7.05 Å². The van der Waals surface area contributed by atoms with Gasteiger partial charge in [0.1, 0.15) is 11.9 Å². The molecule has 0 aliphatic carbocycles. The van der Waals surface area contributed by atoms with Crippen LogP contribution in [0.3, 0.4) is 0 Å². The summed E-state index contributed by atoms with van der Waals surface area (Å²) in [4.78, 5) is 26.6. The first-order valence-electron chi connectivity index (χ1n) is 9.62. The van der Waals surface area contributed by atoms with Crippen molar-refractivity contribution in [2.24, 2.45) is 0 Å². The Morgan fingerprint density at radius 2 is 1.90 bits per heavy atom. The van der Waals surface area contributed by atoms with E-state index in [0.717, 1.165) is 16.0 Å². The van der Waals surface area contributed by atoms with Crippen molar-refractivity contribution < 1.29 is 19.1 Å². The summed E-state index contributed by atoms with van der Waals surface area (Å²) in [5, 5.41) is 19.0. The zero-order chi connectivity index (χ0) is 22.2. The van der Waals surface area contributed by atoms with Crippen LogP contribution in [0.25, 0.3) is 11.1 Å². The number of benzene rings is 2. The molecular weight excluding hydrogens is 385 g/mol. The predicted octanol–water partition coefficient (Wildman–Crippen LogP) is 4.29. The average molecular weight is 409 g/mol. The Hall–Kier alpha value is -3.40. The normalized spacial score (nSPS) is 14.3. The Kier molecular flexibility index (Phi) is 5.53. The van der Waals surface area contributed by atoms with Gasteiger partial charge in [0.25, 0.3) is 5.91 Å². The lowest BCUT2D eigenvalue weighted by molar-refractivity contribution is 0.0814. The van der Waals surface area contributed by atoms with Gasteiger partial charge in [0.05, 0.1) is 6.07 Å². The molecule has 0 bridgehead atoms. The molecule has 0 saturated heterocycles. The van der Waals surface area contributed by atoms with Gasteiger partial charge < -0.3 is 10.0 Å². The van der Waals surface area contributed by atoms with Crippen LogP contribution in [0.15, 0.2) is 36.4 Å². The van der Waals surface area contributed by atoms with Gasteiger partial charge in [-0.2, -0.15) is 5.26 Å². The zero-order valence-corrected chi connectivity index (χ0v) is 17.4. The maximum Gasteiger partial charge on any atom is 0.408 e. The van der Waals surface area contributed by atoms with E-state index in [9.17, 15) is 24.3 Å². The molecule has 1 heterocycles. The minimum Gasteiger partial charge on any atom is -0.465 e. The molecule has 1 aliphatic heterocycles. The number of nitrogens with zero attached hydrogens (tertiary/aromatic N) is 3. The Bertz CT molecular complexity index is 1050. The summed E-state index contributed by atoms with van der Waals surface area (Å²) in [7, 11) is 1.74. The monoisotopic (exact) mass is 409 g/mol. The Morgan fingerprint density at radius 3 is 2.47 bits per heavy atom. The molecule has 156 valence electrons. The second-order valence-electron chi connectivity index (χ2n) is 8.51. The summed E-state index contributed by atoms with van der Waals surface area (Å²) in [5.41, 5.74) is 2.36. The molecule has 0 spiro atoms. The predicted molar refractivity (Wildman–Crippen MR) is 110 cm³/mol. The molecule has 2 aromatic rings. The third kappa shape index (κ3) is 3.99. The summed E-state index contributed by atoms with van der Waals surface area (Å²) in [6.45, 7) is 5.64. The smallest absolute Gasteiger partial charge is 0.408 e. The van der Waals surface area contributed by atoms with Crippen LogP contribution in [0.5, 0.6) is 0 Å². The van der Waals surface area contributed by atoms with Crippen LogP contribution < -0.4 is 0 Å². The lowest BCUT2D eigenvalue weighted by atomic mass is 9.96. The molecule has 7 heteroatoms. The summed E-state index contributed by atoms with van der Waals surface area (Å²) >= 11 is 0. The molecule has 1 aliphatic rings. The number of halogens is 1. The van der Waals surface area contributed by atoms with Gasteiger partial charge in [-0.15, -0.1) is 0 Å². The second kappa shape index (κ2) is 7.79. The van der Waals surface area contributed by atoms with Crippen molar-refractivity contribution >= 4 is 12.0 Å². The standard InChI is InChI=1S/C23H24FN3O3/c1-23(2,3)27(22(29)30)18(12-25)9-16-7-5-15(11-20(16)24)14-6-8-17-13-26(4)21(28)19(17)10-14/h5-8,10-11,18H,9,13H2,1-4H3,(H,29,30)/t18-/m0/s1. The van der Waals surface area contributed by atoms with Crippen LogP contribution in [-0.4, -0.2) is 45.5 Å². The van der Waals surface area contributed by atoms with Gasteiger partial charge in [0, 0.05) is 31.1 Å². The number of hydrogen-bond acceptors (Lipinski definition) is 3. The zero-order valence-electron chi connectivity index (χ0n) is 17.4. The first-order chi connectivity index (χ1) is 14.0. The number of carboxylic acid groups (broad SMARTS) is 1. The van der Waals surface area contributed by atoms with Crippen molar-refractivity contribution in [2.45, 2.75) is 45.3 Å². The van der Waals surface area contributed by atoms with Gasteiger partial charge in [0.15, 0.2) is 0 Å². The number of hydrogen-bond donors (Lipinski definition) is 1. The SMILES string of the molecule is CN1Cc2ccc(-c3ccc(C[C@@H](C#N)N(C(=O)O)C(C)(C)C)c(F)c3)cc2C1=O. The second-order valence-corrected chi connectivity index (χ2v) is 8.51. The average Bonchev–Trinajstić information content (AvgIpc) is 2.94. The molecule has 1 N–H and O–H groups in total. The van der Waals surface area contributed by atoms with Crippen molar-refractivity contribution in [3.05, 3.63) is 58.9 Å². The van der Waals surface area contributed by atoms with Gasteiger partial charge in [-0.05, 0) is 55.2 Å². The Balaban J connectivity index is 1.89. The minimum absolute atomic E-state index is 0.0559. The minimum atomic E-state index is -1.22. The fourth-order valence-corrected chi connectivity index (χ4v) is 3.81. The first-order valence-corrected chi connectivity index (χ1v) is 9.62. The topological polar surface area (TPSA) is 84.6 Å². The van der Waals surface area contributed by atoms with Crippen LogP contribution in [0, 0.1) is 17.1 Å². The third-order valence-corrected chi connectivity index (χ3v) is 5.28. The van der Waals surface area contributed by atoms with E-state index in [1.54, 1.807) is 50.9 Å². The molecule has 0 unspecified atom stereocenters. The number of carbonyl (C=O) groups excluding carboxylic acids is 1. The fourth-order valence-electron chi connectivity index (χ4n) is 3.81. The van der Waals surface area contributed by atoms with E-state index >= 15 is 0 Å². The molecule has 2 aromatic carbocycles. The van der Waals surface area contributed by atoms with Crippen molar-refractivity contribution in [3.8, 4) is 17.2 Å². The van der Waals surface area contributed by atoms with E-state index in [2.05, 4.69) is 0 Å². The third-order valence-electron chi connectivity index (χ3n) is 5.28. The highest BCUT2D eigenvalue weighted by Crippen LogP contribution is 2.29. The lowest BCUT2D eigenvalue weighted by Crippen LogP contribution is -2.51. The van der Waals surface area contributed by atoms with Crippen molar-refractivity contribution in [1.29, 1.82) is 5.26 Å². The fraction of sp³-hybridized carbons (Fsp3) is 0.348. The van der Waals surface area contributed by atoms with Crippen LogP contribution >= 0.6 is 0 Å². The maximum absolute atomic E-state index is 14.9. The summed E-state index contributed by atoms with van der Waals surface area (Å²) in [6, 6.07) is 11.1. The van der Waals surface area contributed by atoms with Gasteiger partial charge in [-0.3, -0.25) is 9.69 Å². The number of amides is 2. The molecule has 3 rings (SSSR count). The van der Waals surface area contributed by atoms with Crippen LogP contribution in [0.2, 0.25) is 0 Å². The van der Waals surface area contributed by atoms with Crippen LogP contribution in [-0.2, 0) is 13.0 Å². The van der Waals surface area contributed by atoms with E-state index in [-0.39, 0.29) is 17.9 Å². The van der Waals surface area contributed by atoms with Gasteiger partial charge in [-0.1, -0.05) is 24.3 Å². The van der Waals surface area contributed by atoms with E-state index in [1.165, 1.54) is 6.07 Å². The first kappa shape index (κ1) is 21.3. The molecule has 2 amide bonds. The van der Waals surface area contributed by atoms with E-state index < -0.39 is 23.5 Å². The van der Waals surface area contributed by atoms with Crippen LogP contribution in [0.1, 0.15) is 42.3 Å². The highest BCUT2D eigenvalue weighted by molar-refractivity contribution is 5.99. The quantitative estimate of drug-likeness (QED) is 0.816. The van der Waals surface area contributed by atoms with Gasteiger partial charge >= 0.3 is 6.09 Å². The summed E-state index contributed by atoms with van der Waals surface area (Å²) in [6.07, 6.45) is -1.28. The molecule has 0 aromatic heterocycles. The van der Waals surface area contributed by atoms with Gasteiger partial charge in [-0.25, -0.2) is 9.18 Å². The molecule has 30 heavy (non-hydrogen) atoms. The molecule has 6 nitrogen and oxygen atoms in total. The molecule has 1 atom stereocenters. The maximum atomic E-state index is 14.9. The summed E-state index contributed by atoms with van der Waals surface area (Å²) in [5.74, 6) is -0.576. The number of rotatable bonds is 4. The van der Waals surface area contributed by atoms with Crippen LogP contribution in [0.4, 0.5) is 9.18 Å². The highest BCUT2D eigenvalue weighted by Gasteiger charge is 2.34. The van der Waals surface area contributed by atoms with E-state index in [0.29, 0.717) is 17.7 Å². The van der Waals surface area contributed by atoms with E-state index in [1.807, 2.05) is 18.2 Å². The molecule has 0 fully saturated rings. The number of carbonyl (C=O) groups is 2. The number of fused-ring (bicyclic) bond motifs is 1. The Labute approximate surface area is 175 Å². The van der Waals surface area contributed by atoms with Crippen molar-refractivity contribution in [1.82, 2.24) is 9.80 Å². The largest absolute Gasteiger partial charge is 0.465 e. The van der Waals surface area contributed by atoms with E-state index in [4.69, 9.17) is 0 Å². The molecular formula is C23H24FN3O3.